The number of amides is 2. The van der Waals surface area contributed by atoms with Crippen LogP contribution in [0.1, 0.15) is 35.3 Å². The molecule has 2 aromatic heterocycles. The smallest absolute Gasteiger partial charge is 0.275 e. The van der Waals surface area contributed by atoms with Gasteiger partial charge in [0, 0.05) is 11.1 Å². The average molecular weight is 423 g/mol. The Balaban J connectivity index is 1.50. The molecule has 0 spiro atoms. The van der Waals surface area contributed by atoms with Gasteiger partial charge in [-0.1, -0.05) is 48.6 Å². The largest absolute Gasteiger partial charge is 0.321 e. The first kappa shape index (κ1) is 19.2. The summed E-state index contributed by atoms with van der Waals surface area (Å²) < 4.78 is 0.879. The molecule has 29 heavy (non-hydrogen) atoms. The number of hydrogen-bond donors (Lipinski definition) is 2. The van der Waals surface area contributed by atoms with E-state index in [1.165, 1.54) is 22.7 Å². The Morgan fingerprint density at radius 1 is 1.10 bits per heavy atom. The number of anilines is 2. The molecule has 0 saturated carbocycles. The molecular weight excluding hydrogens is 404 g/mol. The van der Waals surface area contributed by atoms with Crippen LogP contribution in [0.15, 0.2) is 59.4 Å². The number of nitrogens with one attached hydrogen (secondary N) is 2. The fourth-order valence-electron chi connectivity index (χ4n) is 3.03. The first-order valence-electron chi connectivity index (χ1n) is 9.10. The van der Waals surface area contributed by atoms with Crippen LogP contribution in [0.5, 0.6) is 0 Å². The van der Waals surface area contributed by atoms with Crippen molar-refractivity contribution in [3.05, 3.63) is 70.7 Å². The highest BCUT2D eigenvalue weighted by Gasteiger charge is 2.20. The molecule has 2 aromatic carbocycles. The zero-order valence-corrected chi connectivity index (χ0v) is 17.2. The molecule has 146 valence electrons. The van der Waals surface area contributed by atoms with Crippen molar-refractivity contribution in [3.8, 4) is 0 Å². The van der Waals surface area contributed by atoms with Crippen LogP contribution in [0.25, 0.3) is 10.2 Å². The van der Waals surface area contributed by atoms with Crippen molar-refractivity contribution in [3.63, 3.8) is 0 Å². The molecule has 0 saturated heterocycles. The normalized spacial score (nSPS) is 11.9. The summed E-state index contributed by atoms with van der Waals surface area (Å²) in [5, 5.41) is 8.01. The standard InChI is InChI=1S/C21H18N4O2S2/c1-2-15(13-6-4-3-5-7-13)19(26)25-21-24-16-9-8-14(10-18(16)29-21)23-20(27)17-11-28-12-22-17/h3-12,15H,2H2,1H3,(H,23,27)(H,24,25,26). The number of fused-ring (bicyclic) bond motifs is 1. The van der Waals surface area contributed by atoms with E-state index in [1.54, 1.807) is 17.0 Å². The number of thiazole rings is 2. The average Bonchev–Trinajstić information content (AvgIpc) is 3.38. The molecule has 0 aliphatic carbocycles. The monoisotopic (exact) mass is 422 g/mol. The molecule has 2 amide bonds. The van der Waals surface area contributed by atoms with Gasteiger partial charge in [-0.2, -0.15) is 0 Å². The summed E-state index contributed by atoms with van der Waals surface area (Å²) in [6.45, 7) is 1.99. The number of carbonyl (C=O) groups excluding carboxylic acids is 2. The van der Waals surface area contributed by atoms with Gasteiger partial charge in [-0.05, 0) is 30.2 Å². The lowest BCUT2D eigenvalue weighted by Crippen LogP contribution is -2.20. The second-order valence-electron chi connectivity index (χ2n) is 6.39. The van der Waals surface area contributed by atoms with Gasteiger partial charge in [-0.3, -0.25) is 9.59 Å². The van der Waals surface area contributed by atoms with Crippen molar-refractivity contribution < 1.29 is 9.59 Å². The maximum absolute atomic E-state index is 12.8. The number of hydrogen-bond acceptors (Lipinski definition) is 6. The van der Waals surface area contributed by atoms with Gasteiger partial charge in [0.25, 0.3) is 5.91 Å². The Labute approximate surface area is 175 Å². The van der Waals surface area contributed by atoms with E-state index in [2.05, 4.69) is 20.6 Å². The van der Waals surface area contributed by atoms with Gasteiger partial charge in [-0.15, -0.1) is 11.3 Å². The van der Waals surface area contributed by atoms with Gasteiger partial charge in [0.1, 0.15) is 5.69 Å². The first-order chi connectivity index (χ1) is 14.1. The van der Waals surface area contributed by atoms with Gasteiger partial charge >= 0.3 is 0 Å². The van der Waals surface area contributed by atoms with Gasteiger partial charge < -0.3 is 10.6 Å². The summed E-state index contributed by atoms with van der Waals surface area (Å²) in [6.07, 6.45) is 0.702. The van der Waals surface area contributed by atoms with Crippen LogP contribution in [0.3, 0.4) is 0 Å². The van der Waals surface area contributed by atoms with E-state index in [-0.39, 0.29) is 17.7 Å². The van der Waals surface area contributed by atoms with Crippen molar-refractivity contribution in [1.29, 1.82) is 0 Å². The predicted molar refractivity (Wildman–Crippen MR) is 118 cm³/mol. The van der Waals surface area contributed by atoms with Crippen LogP contribution in [0, 0.1) is 0 Å². The summed E-state index contributed by atoms with van der Waals surface area (Å²) in [7, 11) is 0. The second-order valence-corrected chi connectivity index (χ2v) is 8.14. The summed E-state index contributed by atoms with van der Waals surface area (Å²) >= 11 is 2.75. The summed E-state index contributed by atoms with van der Waals surface area (Å²) in [5.41, 5.74) is 4.42. The van der Waals surface area contributed by atoms with Crippen molar-refractivity contribution in [2.24, 2.45) is 0 Å². The Bertz CT molecular complexity index is 1140. The van der Waals surface area contributed by atoms with Crippen molar-refractivity contribution in [1.82, 2.24) is 9.97 Å². The van der Waals surface area contributed by atoms with E-state index in [9.17, 15) is 9.59 Å². The van der Waals surface area contributed by atoms with E-state index in [0.29, 0.717) is 22.9 Å². The molecule has 0 bridgehead atoms. The number of rotatable bonds is 6. The molecule has 2 heterocycles. The van der Waals surface area contributed by atoms with Crippen LogP contribution >= 0.6 is 22.7 Å². The van der Waals surface area contributed by atoms with E-state index in [4.69, 9.17) is 0 Å². The van der Waals surface area contributed by atoms with Gasteiger partial charge in [0.05, 0.1) is 21.6 Å². The second kappa shape index (κ2) is 8.50. The fourth-order valence-corrected chi connectivity index (χ4v) is 4.47. The highest BCUT2D eigenvalue weighted by molar-refractivity contribution is 7.22. The zero-order chi connectivity index (χ0) is 20.2. The lowest BCUT2D eigenvalue weighted by molar-refractivity contribution is -0.117. The van der Waals surface area contributed by atoms with E-state index in [1.807, 2.05) is 49.4 Å². The van der Waals surface area contributed by atoms with E-state index < -0.39 is 0 Å². The fraction of sp³-hybridized carbons (Fsp3) is 0.143. The molecular formula is C21H18N4O2S2. The van der Waals surface area contributed by atoms with Crippen LogP contribution in [0.4, 0.5) is 10.8 Å². The molecule has 0 radical (unpaired) electrons. The Hall–Kier alpha value is -3.10. The van der Waals surface area contributed by atoms with Gasteiger partial charge in [0.2, 0.25) is 5.91 Å². The van der Waals surface area contributed by atoms with Crippen LogP contribution in [-0.2, 0) is 4.79 Å². The topological polar surface area (TPSA) is 84.0 Å². The zero-order valence-electron chi connectivity index (χ0n) is 15.6. The Kier molecular flexibility index (Phi) is 5.64. The Morgan fingerprint density at radius 3 is 2.66 bits per heavy atom. The third-order valence-corrected chi connectivity index (χ3v) is 5.99. The molecule has 0 aliphatic heterocycles. The van der Waals surface area contributed by atoms with Crippen LogP contribution < -0.4 is 10.6 Å². The number of benzene rings is 2. The first-order valence-corrected chi connectivity index (χ1v) is 10.9. The third kappa shape index (κ3) is 4.33. The summed E-state index contributed by atoms with van der Waals surface area (Å²) in [6, 6.07) is 15.2. The van der Waals surface area contributed by atoms with Crippen molar-refractivity contribution in [2.45, 2.75) is 19.3 Å². The lowest BCUT2D eigenvalue weighted by atomic mass is 9.96. The van der Waals surface area contributed by atoms with Crippen molar-refractivity contribution >= 4 is 55.5 Å². The molecule has 8 heteroatoms. The van der Waals surface area contributed by atoms with Crippen molar-refractivity contribution in [2.75, 3.05) is 10.6 Å². The minimum absolute atomic E-state index is 0.0742. The highest BCUT2D eigenvalue weighted by Crippen LogP contribution is 2.30. The van der Waals surface area contributed by atoms with Crippen LogP contribution in [0.2, 0.25) is 0 Å². The number of carbonyl (C=O) groups is 2. The van der Waals surface area contributed by atoms with Crippen LogP contribution in [-0.4, -0.2) is 21.8 Å². The van der Waals surface area contributed by atoms with Gasteiger partial charge in [-0.25, -0.2) is 9.97 Å². The SMILES string of the molecule is CCC(C(=O)Nc1nc2ccc(NC(=O)c3cscn3)cc2s1)c1ccccc1. The number of aromatic nitrogens is 2. The maximum Gasteiger partial charge on any atom is 0.275 e. The summed E-state index contributed by atoms with van der Waals surface area (Å²) in [4.78, 5) is 33.4. The molecule has 0 fully saturated rings. The molecule has 6 nitrogen and oxygen atoms in total. The lowest BCUT2D eigenvalue weighted by Gasteiger charge is -2.13. The molecule has 4 rings (SSSR count). The molecule has 2 N–H and O–H groups in total. The highest BCUT2D eigenvalue weighted by atomic mass is 32.1. The molecule has 4 aromatic rings. The molecule has 1 atom stereocenters. The van der Waals surface area contributed by atoms with E-state index in [0.717, 1.165) is 15.8 Å². The maximum atomic E-state index is 12.8. The minimum atomic E-state index is -0.253. The molecule has 1 unspecified atom stereocenters. The Morgan fingerprint density at radius 2 is 1.93 bits per heavy atom. The molecule has 0 aliphatic rings. The van der Waals surface area contributed by atoms with Gasteiger partial charge in [0.15, 0.2) is 5.13 Å². The minimum Gasteiger partial charge on any atom is -0.321 e. The quantitative estimate of drug-likeness (QED) is 0.451. The number of nitrogens with zero attached hydrogens (tertiary/aromatic N) is 2. The van der Waals surface area contributed by atoms with E-state index >= 15 is 0 Å². The predicted octanol–water partition coefficient (Wildman–Crippen LogP) is 5.14. The third-order valence-electron chi connectivity index (χ3n) is 4.47. The summed E-state index contributed by atoms with van der Waals surface area (Å²) in [5.74, 6) is -0.553.